The summed E-state index contributed by atoms with van der Waals surface area (Å²) >= 11 is 11.2. The third-order valence-electron chi connectivity index (χ3n) is 2.33. The molecule has 0 heterocycles. The van der Waals surface area contributed by atoms with Gasteiger partial charge in [-0.1, -0.05) is 58.1 Å². The highest BCUT2D eigenvalue weighted by Gasteiger charge is 1.89. The Kier molecular flexibility index (Phi) is 9.30. The molecule has 0 fully saturated rings. The van der Waals surface area contributed by atoms with Gasteiger partial charge in [-0.05, 0) is 53.0 Å². The zero-order chi connectivity index (χ0) is 13.3. The lowest BCUT2D eigenvalue weighted by molar-refractivity contribution is 0.958. The van der Waals surface area contributed by atoms with Crippen LogP contribution in [0.1, 0.15) is 47.0 Å². The van der Waals surface area contributed by atoms with Crippen molar-refractivity contribution in [3.63, 3.8) is 0 Å². The topological polar surface area (TPSA) is 0 Å². The molecule has 96 valence electrons. The Labute approximate surface area is 116 Å². The monoisotopic (exact) mass is 272 g/mol. The van der Waals surface area contributed by atoms with Gasteiger partial charge in [0.05, 0.1) is 0 Å². The molecule has 0 unspecified atom stereocenters. The van der Waals surface area contributed by atoms with E-state index in [0.29, 0.717) is 4.49 Å². The molecule has 0 atom stereocenters. The van der Waals surface area contributed by atoms with Gasteiger partial charge in [0, 0.05) is 0 Å². The molecule has 0 saturated heterocycles. The van der Waals surface area contributed by atoms with E-state index < -0.39 is 0 Å². The van der Waals surface area contributed by atoms with E-state index >= 15 is 0 Å². The minimum atomic E-state index is 0.308. The van der Waals surface area contributed by atoms with Gasteiger partial charge in [-0.3, -0.25) is 0 Å². The standard InChI is InChI=1S/C15H22Cl2/c1-12(2)7-5-8-13(3)9-6-10-14(4)11-15(16)17/h7,9-11H,5-6,8H2,1-4H3/b13-9+,14-10+. The average molecular weight is 273 g/mol. The number of halogens is 2. The fourth-order valence-electron chi connectivity index (χ4n) is 1.37. The Bertz CT molecular complexity index is 336. The number of hydrogen-bond donors (Lipinski definition) is 0. The van der Waals surface area contributed by atoms with Crippen molar-refractivity contribution >= 4 is 23.2 Å². The zero-order valence-corrected chi connectivity index (χ0v) is 12.7. The Balaban J connectivity index is 4.08. The van der Waals surface area contributed by atoms with Crippen molar-refractivity contribution in [3.05, 3.63) is 45.5 Å². The summed E-state index contributed by atoms with van der Waals surface area (Å²) in [4.78, 5) is 0. The molecular weight excluding hydrogens is 251 g/mol. The first kappa shape index (κ1) is 16.5. The first-order valence-corrected chi connectivity index (χ1v) is 6.66. The van der Waals surface area contributed by atoms with E-state index in [-0.39, 0.29) is 0 Å². The van der Waals surface area contributed by atoms with Crippen LogP contribution < -0.4 is 0 Å². The Morgan fingerprint density at radius 2 is 1.59 bits per heavy atom. The Morgan fingerprint density at radius 1 is 0.941 bits per heavy atom. The van der Waals surface area contributed by atoms with Gasteiger partial charge in [-0.15, -0.1) is 0 Å². The molecule has 0 aromatic carbocycles. The largest absolute Gasteiger partial charge is 0.107 e. The normalized spacial score (nSPS) is 12.4. The van der Waals surface area contributed by atoms with Crippen LogP contribution in [0.25, 0.3) is 0 Å². The van der Waals surface area contributed by atoms with Crippen LogP contribution in [0.4, 0.5) is 0 Å². The third-order valence-corrected chi connectivity index (χ3v) is 2.55. The Morgan fingerprint density at radius 3 is 2.12 bits per heavy atom. The lowest BCUT2D eigenvalue weighted by Crippen LogP contribution is -1.77. The van der Waals surface area contributed by atoms with Crippen molar-refractivity contribution in [2.45, 2.75) is 47.0 Å². The van der Waals surface area contributed by atoms with Gasteiger partial charge < -0.3 is 0 Å². The van der Waals surface area contributed by atoms with Crippen LogP contribution in [0.2, 0.25) is 0 Å². The summed E-state index contributed by atoms with van der Waals surface area (Å²) in [6.07, 6.45) is 11.6. The van der Waals surface area contributed by atoms with Gasteiger partial charge >= 0.3 is 0 Å². The van der Waals surface area contributed by atoms with E-state index in [4.69, 9.17) is 23.2 Å². The molecule has 0 aliphatic heterocycles. The van der Waals surface area contributed by atoms with Gasteiger partial charge in [0.25, 0.3) is 0 Å². The highest BCUT2D eigenvalue weighted by molar-refractivity contribution is 6.56. The minimum Gasteiger partial charge on any atom is -0.0856 e. The van der Waals surface area contributed by atoms with Crippen LogP contribution in [-0.2, 0) is 0 Å². The van der Waals surface area contributed by atoms with E-state index in [1.54, 1.807) is 6.08 Å². The predicted molar refractivity (Wildman–Crippen MR) is 80.6 cm³/mol. The molecule has 0 N–H and O–H groups in total. The van der Waals surface area contributed by atoms with Crippen LogP contribution in [-0.4, -0.2) is 0 Å². The van der Waals surface area contributed by atoms with E-state index in [9.17, 15) is 0 Å². The number of rotatable bonds is 6. The van der Waals surface area contributed by atoms with Crippen LogP contribution in [0.15, 0.2) is 45.5 Å². The van der Waals surface area contributed by atoms with Crippen LogP contribution in [0, 0.1) is 0 Å². The molecule has 0 radical (unpaired) electrons. The lowest BCUT2D eigenvalue weighted by atomic mass is 10.1. The highest BCUT2D eigenvalue weighted by Crippen LogP contribution is 2.12. The van der Waals surface area contributed by atoms with Crippen molar-refractivity contribution in [2.75, 3.05) is 0 Å². The lowest BCUT2D eigenvalue weighted by Gasteiger charge is -1.98. The summed E-state index contributed by atoms with van der Waals surface area (Å²) in [6, 6.07) is 0. The molecule has 17 heavy (non-hydrogen) atoms. The molecule has 0 amide bonds. The van der Waals surface area contributed by atoms with E-state index in [1.807, 2.05) is 6.92 Å². The van der Waals surface area contributed by atoms with Gasteiger partial charge in [-0.2, -0.15) is 0 Å². The fourth-order valence-corrected chi connectivity index (χ4v) is 1.71. The van der Waals surface area contributed by atoms with Crippen molar-refractivity contribution in [3.8, 4) is 0 Å². The van der Waals surface area contributed by atoms with Gasteiger partial charge in [0.1, 0.15) is 4.49 Å². The van der Waals surface area contributed by atoms with Crippen LogP contribution in [0.5, 0.6) is 0 Å². The molecule has 0 bridgehead atoms. The summed E-state index contributed by atoms with van der Waals surface area (Å²) in [7, 11) is 0. The minimum absolute atomic E-state index is 0.308. The second-order valence-electron chi connectivity index (χ2n) is 4.49. The quantitative estimate of drug-likeness (QED) is 0.391. The van der Waals surface area contributed by atoms with Crippen molar-refractivity contribution in [1.29, 1.82) is 0 Å². The van der Waals surface area contributed by atoms with Gasteiger partial charge in [0.15, 0.2) is 0 Å². The molecule has 0 nitrogen and oxygen atoms in total. The molecule has 0 aliphatic carbocycles. The molecule has 0 rings (SSSR count). The maximum Gasteiger partial charge on any atom is 0.107 e. The predicted octanol–water partition coefficient (Wildman–Crippen LogP) is 6.33. The van der Waals surface area contributed by atoms with E-state index in [0.717, 1.165) is 24.8 Å². The maximum absolute atomic E-state index is 5.58. The summed E-state index contributed by atoms with van der Waals surface area (Å²) in [6.45, 7) is 8.43. The first-order valence-electron chi connectivity index (χ1n) is 5.90. The summed E-state index contributed by atoms with van der Waals surface area (Å²) in [5, 5.41) is 0. The number of hydrogen-bond acceptors (Lipinski definition) is 0. The molecule has 0 aliphatic rings. The van der Waals surface area contributed by atoms with Gasteiger partial charge in [0.2, 0.25) is 0 Å². The summed E-state index contributed by atoms with van der Waals surface area (Å²) in [5.41, 5.74) is 3.90. The van der Waals surface area contributed by atoms with E-state index in [2.05, 4.69) is 39.0 Å². The summed E-state index contributed by atoms with van der Waals surface area (Å²) < 4.78 is 0.308. The van der Waals surface area contributed by atoms with Crippen molar-refractivity contribution in [1.82, 2.24) is 0 Å². The van der Waals surface area contributed by atoms with Crippen LogP contribution >= 0.6 is 23.2 Å². The first-order chi connectivity index (χ1) is 7.91. The molecule has 0 aromatic rings. The highest BCUT2D eigenvalue weighted by atomic mass is 35.5. The molecule has 0 spiro atoms. The average Bonchev–Trinajstić information content (AvgIpc) is 2.15. The maximum atomic E-state index is 5.58. The molecule has 0 aromatic heterocycles. The van der Waals surface area contributed by atoms with Crippen LogP contribution in [0.3, 0.4) is 0 Å². The second-order valence-corrected chi connectivity index (χ2v) is 5.50. The Hall–Kier alpha value is -0.460. The second kappa shape index (κ2) is 9.56. The zero-order valence-electron chi connectivity index (χ0n) is 11.2. The molecule has 2 heteroatoms. The number of allylic oxidation sites excluding steroid dienone is 7. The molecular formula is C15H22Cl2. The third kappa shape index (κ3) is 11.8. The molecule has 0 saturated carbocycles. The smallest absolute Gasteiger partial charge is 0.0856 e. The van der Waals surface area contributed by atoms with Gasteiger partial charge in [-0.25, -0.2) is 0 Å². The van der Waals surface area contributed by atoms with Crippen molar-refractivity contribution in [2.24, 2.45) is 0 Å². The fraction of sp³-hybridized carbons (Fsp3) is 0.467. The summed E-state index contributed by atoms with van der Waals surface area (Å²) in [5.74, 6) is 0. The van der Waals surface area contributed by atoms with Crippen molar-refractivity contribution < 1.29 is 0 Å². The van der Waals surface area contributed by atoms with E-state index in [1.165, 1.54) is 11.1 Å². The SMILES string of the molecule is CC(C)=CCC/C(C)=C/C/C=C(\C)C=C(Cl)Cl.